The Kier molecular flexibility index (Phi) is 3.96. The number of anilines is 1. The minimum Gasteiger partial charge on any atom is -0.464 e. The highest BCUT2D eigenvalue weighted by Gasteiger charge is 2.67. The maximum Gasteiger partial charge on any atom is 0.355 e. The number of nitrogens with zero attached hydrogens (tertiary/aromatic N) is 2. The summed E-state index contributed by atoms with van der Waals surface area (Å²) in [5, 5.41) is 4.46. The number of carbonyl (C=O) groups is 3. The molecule has 1 fully saturated rings. The van der Waals surface area contributed by atoms with E-state index in [1.54, 1.807) is 54.6 Å². The Morgan fingerprint density at radius 1 is 1.15 bits per heavy atom. The van der Waals surface area contributed by atoms with Crippen molar-refractivity contribution < 1.29 is 19.1 Å². The lowest BCUT2D eigenvalue weighted by molar-refractivity contribution is -0.133. The van der Waals surface area contributed by atoms with Gasteiger partial charge in [-0.15, -0.1) is 0 Å². The Labute approximate surface area is 159 Å². The number of hydrogen-bond acceptors (Lipinski definition) is 6. The first kappa shape index (κ1) is 17.2. The Balaban J connectivity index is 1.90. The fourth-order valence-corrected chi connectivity index (χ4v) is 3.64. The minimum atomic E-state index is -1.53. The number of para-hydroxylation sites is 1. The van der Waals surface area contributed by atoms with Gasteiger partial charge >= 0.3 is 5.97 Å². The van der Waals surface area contributed by atoms with Crippen LogP contribution in [0, 0.1) is 5.92 Å². The molecule has 0 unspecified atom stereocenters. The van der Waals surface area contributed by atoms with Crippen molar-refractivity contribution in [3.05, 3.63) is 65.2 Å². The summed E-state index contributed by atoms with van der Waals surface area (Å²) in [6, 6.07) is 15.0. The van der Waals surface area contributed by atoms with E-state index in [-0.39, 0.29) is 5.71 Å². The van der Waals surface area contributed by atoms with Gasteiger partial charge in [0.15, 0.2) is 11.3 Å². The molecule has 7 nitrogen and oxygen atoms in total. The Hall–Kier alpha value is -3.19. The molecule has 27 heavy (non-hydrogen) atoms. The third-order valence-corrected chi connectivity index (χ3v) is 5.03. The van der Waals surface area contributed by atoms with Crippen LogP contribution >= 0.6 is 11.6 Å². The average Bonchev–Trinajstić information content (AvgIpc) is 3.19. The van der Waals surface area contributed by atoms with Crippen molar-refractivity contribution in [3.8, 4) is 0 Å². The third-order valence-electron chi connectivity index (χ3n) is 4.78. The van der Waals surface area contributed by atoms with Crippen molar-refractivity contribution in [2.24, 2.45) is 11.0 Å². The average molecular weight is 384 g/mol. The molecule has 0 aliphatic carbocycles. The molecule has 0 bridgehead atoms. The van der Waals surface area contributed by atoms with Crippen LogP contribution in [0.5, 0.6) is 0 Å². The fourth-order valence-electron chi connectivity index (χ4n) is 3.52. The lowest BCUT2D eigenvalue weighted by Gasteiger charge is -2.26. The molecule has 0 saturated carbocycles. The standard InChI is InChI=1S/C19H14ClN3O4/c1-27-17(25)15-14-16(24)23(13-5-3-2-4-6-13)18(26)19(14,22-21-15)11-7-9-12(20)10-8-11/h2-10,14,22H,1H3/t14-,19-/m0/s1. The second-order valence-corrected chi connectivity index (χ2v) is 6.60. The van der Waals surface area contributed by atoms with Gasteiger partial charge in [0.2, 0.25) is 5.91 Å². The summed E-state index contributed by atoms with van der Waals surface area (Å²) in [5.74, 6) is -2.97. The smallest absolute Gasteiger partial charge is 0.355 e. The van der Waals surface area contributed by atoms with Gasteiger partial charge in [-0.05, 0) is 29.8 Å². The SMILES string of the molecule is COC(=O)C1=NN[C@]2(c3ccc(Cl)cc3)C(=O)N(c3ccccc3)C(=O)[C@H]12. The normalized spacial score (nSPS) is 23.7. The largest absolute Gasteiger partial charge is 0.464 e. The number of esters is 1. The van der Waals surface area contributed by atoms with Crippen molar-refractivity contribution in [1.82, 2.24) is 5.43 Å². The number of benzene rings is 2. The van der Waals surface area contributed by atoms with Crippen molar-refractivity contribution in [2.75, 3.05) is 12.0 Å². The van der Waals surface area contributed by atoms with Gasteiger partial charge in [-0.3, -0.25) is 15.0 Å². The molecule has 2 atom stereocenters. The molecule has 2 aromatic carbocycles. The lowest BCUT2D eigenvalue weighted by Crippen LogP contribution is -2.48. The van der Waals surface area contributed by atoms with Gasteiger partial charge in [0.05, 0.1) is 12.8 Å². The van der Waals surface area contributed by atoms with E-state index in [0.29, 0.717) is 16.3 Å². The van der Waals surface area contributed by atoms with Crippen LogP contribution in [0.4, 0.5) is 5.69 Å². The zero-order chi connectivity index (χ0) is 19.2. The number of fused-ring (bicyclic) bond motifs is 1. The van der Waals surface area contributed by atoms with Crippen LogP contribution in [-0.4, -0.2) is 30.6 Å². The number of hydrazone groups is 1. The second kappa shape index (κ2) is 6.21. The molecule has 2 aromatic rings. The van der Waals surface area contributed by atoms with E-state index < -0.39 is 29.2 Å². The van der Waals surface area contributed by atoms with Crippen molar-refractivity contribution in [2.45, 2.75) is 5.54 Å². The highest BCUT2D eigenvalue weighted by molar-refractivity contribution is 6.47. The molecule has 0 aromatic heterocycles. The molecule has 1 saturated heterocycles. The van der Waals surface area contributed by atoms with Gasteiger partial charge in [-0.25, -0.2) is 9.69 Å². The second-order valence-electron chi connectivity index (χ2n) is 6.16. The maximum atomic E-state index is 13.4. The van der Waals surface area contributed by atoms with Gasteiger partial charge < -0.3 is 4.74 Å². The van der Waals surface area contributed by atoms with Crippen molar-refractivity contribution >= 4 is 40.8 Å². The summed E-state index contributed by atoms with van der Waals surface area (Å²) in [6.45, 7) is 0. The quantitative estimate of drug-likeness (QED) is 0.645. The first-order valence-corrected chi connectivity index (χ1v) is 8.51. The molecule has 2 aliphatic heterocycles. The number of methoxy groups -OCH3 is 1. The molecule has 2 aliphatic rings. The first-order valence-electron chi connectivity index (χ1n) is 8.13. The molecular formula is C19H14ClN3O4. The van der Waals surface area contributed by atoms with E-state index >= 15 is 0 Å². The first-order chi connectivity index (χ1) is 13.0. The Morgan fingerprint density at radius 3 is 2.44 bits per heavy atom. The predicted molar refractivity (Wildman–Crippen MR) is 98.1 cm³/mol. The van der Waals surface area contributed by atoms with Crippen LogP contribution in [0.1, 0.15) is 5.56 Å². The van der Waals surface area contributed by atoms with Crippen LogP contribution in [0.3, 0.4) is 0 Å². The zero-order valence-electron chi connectivity index (χ0n) is 14.2. The topological polar surface area (TPSA) is 88.1 Å². The summed E-state index contributed by atoms with van der Waals surface area (Å²) < 4.78 is 4.75. The molecule has 8 heteroatoms. The monoisotopic (exact) mass is 383 g/mol. The minimum absolute atomic E-state index is 0.135. The molecule has 136 valence electrons. The number of ether oxygens (including phenoxy) is 1. The van der Waals surface area contributed by atoms with E-state index in [9.17, 15) is 14.4 Å². The highest BCUT2D eigenvalue weighted by Crippen LogP contribution is 2.45. The molecule has 1 N–H and O–H groups in total. The zero-order valence-corrected chi connectivity index (χ0v) is 14.9. The van der Waals surface area contributed by atoms with Gasteiger partial charge in [0.25, 0.3) is 5.91 Å². The van der Waals surface area contributed by atoms with Crippen molar-refractivity contribution in [1.29, 1.82) is 0 Å². The Morgan fingerprint density at radius 2 is 1.81 bits per heavy atom. The molecule has 2 amide bonds. The van der Waals surface area contributed by atoms with Gasteiger partial charge in [-0.1, -0.05) is 41.9 Å². The molecule has 4 rings (SSSR count). The number of rotatable bonds is 3. The van der Waals surface area contributed by atoms with Gasteiger partial charge in [0.1, 0.15) is 5.92 Å². The van der Waals surface area contributed by atoms with E-state index in [4.69, 9.17) is 16.3 Å². The molecule has 0 spiro atoms. The third kappa shape index (κ3) is 2.35. The summed E-state index contributed by atoms with van der Waals surface area (Å²) in [5.41, 5.74) is 1.98. The van der Waals surface area contributed by atoms with Gasteiger partial charge in [-0.2, -0.15) is 5.10 Å². The van der Waals surface area contributed by atoms with Crippen molar-refractivity contribution in [3.63, 3.8) is 0 Å². The van der Waals surface area contributed by atoms with E-state index in [0.717, 1.165) is 4.90 Å². The number of hydrogen-bond donors (Lipinski definition) is 1. The number of nitrogens with one attached hydrogen (secondary N) is 1. The predicted octanol–water partition coefficient (Wildman–Crippen LogP) is 1.86. The van der Waals surface area contributed by atoms with Gasteiger partial charge in [0, 0.05) is 5.02 Å². The van der Waals surface area contributed by atoms with Crippen LogP contribution in [0.25, 0.3) is 0 Å². The highest BCUT2D eigenvalue weighted by atomic mass is 35.5. The molecule has 0 radical (unpaired) electrons. The number of amides is 2. The Bertz CT molecular complexity index is 974. The lowest BCUT2D eigenvalue weighted by atomic mass is 9.79. The maximum absolute atomic E-state index is 13.4. The van der Waals surface area contributed by atoms with E-state index in [2.05, 4.69) is 10.5 Å². The van der Waals surface area contributed by atoms with Crippen LogP contribution in [-0.2, 0) is 24.7 Å². The van der Waals surface area contributed by atoms with Crippen LogP contribution in [0.2, 0.25) is 5.02 Å². The molecule has 2 heterocycles. The van der Waals surface area contributed by atoms with Crippen LogP contribution < -0.4 is 10.3 Å². The summed E-state index contributed by atoms with van der Waals surface area (Å²) >= 11 is 5.96. The molecular weight excluding hydrogens is 370 g/mol. The summed E-state index contributed by atoms with van der Waals surface area (Å²) in [6.07, 6.45) is 0. The number of carbonyl (C=O) groups excluding carboxylic acids is 3. The summed E-state index contributed by atoms with van der Waals surface area (Å²) in [4.78, 5) is 39.9. The van der Waals surface area contributed by atoms with Crippen LogP contribution in [0.15, 0.2) is 59.7 Å². The number of imide groups is 1. The fraction of sp³-hybridized carbons (Fsp3) is 0.158. The number of halogens is 1. The summed E-state index contributed by atoms with van der Waals surface area (Å²) in [7, 11) is 1.20. The van der Waals surface area contributed by atoms with E-state index in [1.165, 1.54) is 7.11 Å². The van der Waals surface area contributed by atoms with E-state index in [1.807, 2.05) is 0 Å².